The van der Waals surface area contributed by atoms with Gasteiger partial charge in [-0.1, -0.05) is 11.6 Å². The summed E-state index contributed by atoms with van der Waals surface area (Å²) < 4.78 is 32.8. The lowest BCUT2D eigenvalue weighted by molar-refractivity contribution is -0.134. The molecule has 4 aromatic rings. The predicted molar refractivity (Wildman–Crippen MR) is 169 cm³/mol. The van der Waals surface area contributed by atoms with Crippen molar-refractivity contribution in [3.63, 3.8) is 0 Å². The molecule has 0 saturated carbocycles. The van der Waals surface area contributed by atoms with E-state index in [1.807, 2.05) is 12.1 Å². The van der Waals surface area contributed by atoms with Gasteiger partial charge in [0.1, 0.15) is 5.02 Å². The average molecular weight is 650 g/mol. The molecule has 0 bridgehead atoms. The van der Waals surface area contributed by atoms with Crippen molar-refractivity contribution in [3.8, 4) is 0 Å². The second-order valence-electron chi connectivity index (χ2n) is 11.9. The van der Waals surface area contributed by atoms with Crippen molar-refractivity contribution in [1.82, 2.24) is 25.1 Å². The molecule has 2 atom stereocenters. The number of imide groups is 1. The fraction of sp³-hybridized carbons (Fsp3) is 0.355. The van der Waals surface area contributed by atoms with Gasteiger partial charge in [0.2, 0.25) is 23.7 Å². The number of amides is 3. The average Bonchev–Trinajstić information content (AvgIpc) is 3.49. The summed E-state index contributed by atoms with van der Waals surface area (Å²) in [7, 11) is 3.46. The summed E-state index contributed by atoms with van der Waals surface area (Å²) in [6.45, 7) is -0.331. The van der Waals surface area contributed by atoms with Crippen LogP contribution in [0.1, 0.15) is 36.4 Å². The molecule has 7 rings (SSSR count). The van der Waals surface area contributed by atoms with Crippen molar-refractivity contribution in [2.45, 2.75) is 43.6 Å². The van der Waals surface area contributed by atoms with E-state index in [1.165, 1.54) is 11.1 Å². The standard InChI is InChI=1S/C31H30ClF2N9O3/c1-41-22-7-4-17(11-16(22)12-26(41)45)37-28-21(32)14-35-30(39-28)43-10-9-24(31(33,34)15-43)36-18-3-5-19-23(13-18)42(2)40-27(19)20-6-8-25(44)38-29(20)46/h3-5,7,11,13-14,20,24,36H,6,8-10,12,15H2,1-2H3,(H,35,37,39)(H,38,44,46)/t20?,24-/m1/s1. The third-order valence-corrected chi connectivity index (χ3v) is 9.10. The SMILES string of the molecule is CN1C(=O)Cc2cc(Nc3nc(N4CC[C@@H](Nc5ccc6c(C7CCC(=O)NC7=O)nn(C)c6c5)C(F)(F)C4)ncc3Cl)ccc21. The molecule has 3 aliphatic rings. The summed E-state index contributed by atoms with van der Waals surface area (Å²) in [4.78, 5) is 47.8. The van der Waals surface area contributed by atoms with Crippen molar-refractivity contribution in [2.24, 2.45) is 7.05 Å². The third kappa shape index (κ3) is 5.36. The highest BCUT2D eigenvalue weighted by molar-refractivity contribution is 6.33. The van der Waals surface area contributed by atoms with E-state index in [0.29, 0.717) is 35.4 Å². The minimum absolute atomic E-state index is 0.00442. The Morgan fingerprint density at radius 3 is 2.65 bits per heavy atom. The van der Waals surface area contributed by atoms with E-state index >= 15 is 8.78 Å². The van der Waals surface area contributed by atoms with Gasteiger partial charge in [0.25, 0.3) is 5.92 Å². The smallest absolute Gasteiger partial charge is 0.284 e. The number of rotatable bonds is 6. The lowest BCUT2D eigenvalue weighted by atomic mass is 9.92. The van der Waals surface area contributed by atoms with Crippen molar-refractivity contribution in [3.05, 3.63) is 58.9 Å². The number of anilines is 5. The zero-order valence-electron chi connectivity index (χ0n) is 25.0. The first kappa shape index (κ1) is 29.8. The van der Waals surface area contributed by atoms with Crippen LogP contribution in [-0.4, -0.2) is 69.6 Å². The molecule has 3 aliphatic heterocycles. The Morgan fingerprint density at radius 1 is 1.07 bits per heavy atom. The molecule has 0 radical (unpaired) electrons. The first-order valence-electron chi connectivity index (χ1n) is 14.9. The first-order valence-corrected chi connectivity index (χ1v) is 15.2. The fourth-order valence-corrected chi connectivity index (χ4v) is 6.50. The van der Waals surface area contributed by atoms with Crippen molar-refractivity contribution >= 4 is 69.1 Å². The molecule has 238 valence electrons. The lowest BCUT2D eigenvalue weighted by Gasteiger charge is -2.39. The van der Waals surface area contributed by atoms with E-state index in [0.717, 1.165) is 16.6 Å². The number of carbonyl (C=O) groups is 3. The molecule has 5 heterocycles. The van der Waals surface area contributed by atoms with Crippen molar-refractivity contribution in [1.29, 1.82) is 0 Å². The molecule has 46 heavy (non-hydrogen) atoms. The quantitative estimate of drug-likeness (QED) is 0.263. The maximum atomic E-state index is 15.6. The molecule has 0 aliphatic carbocycles. The number of benzene rings is 2. The highest BCUT2D eigenvalue weighted by atomic mass is 35.5. The van der Waals surface area contributed by atoms with Gasteiger partial charge in [-0.3, -0.25) is 24.4 Å². The summed E-state index contributed by atoms with van der Waals surface area (Å²) in [5, 5.41) is 14.0. The van der Waals surface area contributed by atoms with Gasteiger partial charge in [-0.05, 0) is 54.8 Å². The molecule has 2 fully saturated rings. The number of nitrogens with one attached hydrogen (secondary N) is 3. The summed E-state index contributed by atoms with van der Waals surface area (Å²) in [6, 6.07) is 9.54. The summed E-state index contributed by atoms with van der Waals surface area (Å²) in [5.41, 5.74) is 4.11. The number of carbonyl (C=O) groups excluding carboxylic acids is 3. The highest BCUT2D eigenvalue weighted by Crippen LogP contribution is 2.36. The third-order valence-electron chi connectivity index (χ3n) is 8.82. The van der Waals surface area contributed by atoms with Crippen LogP contribution < -0.4 is 25.8 Å². The number of fused-ring (bicyclic) bond motifs is 2. The zero-order valence-corrected chi connectivity index (χ0v) is 25.7. The van der Waals surface area contributed by atoms with Crippen LogP contribution in [0.4, 0.5) is 37.6 Å². The van der Waals surface area contributed by atoms with Crippen LogP contribution in [0.3, 0.4) is 0 Å². The van der Waals surface area contributed by atoms with Crippen molar-refractivity contribution in [2.75, 3.05) is 40.6 Å². The zero-order chi connectivity index (χ0) is 32.3. The van der Waals surface area contributed by atoms with Gasteiger partial charge in [0, 0.05) is 49.5 Å². The molecule has 2 aromatic carbocycles. The number of halogens is 3. The molecule has 15 heteroatoms. The molecule has 1 unspecified atom stereocenters. The van der Waals surface area contributed by atoms with Gasteiger partial charge >= 0.3 is 0 Å². The second-order valence-corrected chi connectivity index (χ2v) is 12.3. The number of aromatic nitrogens is 4. The van der Waals surface area contributed by atoms with Gasteiger partial charge in [-0.25, -0.2) is 13.8 Å². The molecule has 2 aromatic heterocycles. The maximum Gasteiger partial charge on any atom is 0.284 e. The number of aryl methyl sites for hydroxylation is 1. The van der Waals surface area contributed by atoms with Gasteiger partial charge in [-0.15, -0.1) is 0 Å². The Kier molecular flexibility index (Phi) is 7.26. The van der Waals surface area contributed by atoms with Gasteiger partial charge < -0.3 is 20.4 Å². The van der Waals surface area contributed by atoms with Crippen LogP contribution in [0.25, 0.3) is 10.9 Å². The van der Waals surface area contributed by atoms with Crippen LogP contribution in [-0.2, 0) is 27.9 Å². The molecule has 0 spiro atoms. The topological polar surface area (TPSA) is 137 Å². The maximum absolute atomic E-state index is 15.6. The highest BCUT2D eigenvalue weighted by Gasteiger charge is 2.45. The van der Waals surface area contributed by atoms with Crippen LogP contribution >= 0.6 is 11.6 Å². The minimum Gasteiger partial charge on any atom is -0.376 e. The van der Waals surface area contributed by atoms with E-state index in [4.69, 9.17) is 11.6 Å². The second kappa shape index (κ2) is 11.2. The van der Waals surface area contributed by atoms with E-state index in [1.54, 1.807) is 47.9 Å². The largest absolute Gasteiger partial charge is 0.376 e. The lowest BCUT2D eigenvalue weighted by Crippen LogP contribution is -2.55. The molecule has 3 N–H and O–H groups in total. The van der Waals surface area contributed by atoms with E-state index in [-0.39, 0.29) is 53.9 Å². The normalized spacial score (nSPS) is 21.0. The summed E-state index contributed by atoms with van der Waals surface area (Å²) >= 11 is 6.36. The summed E-state index contributed by atoms with van der Waals surface area (Å²) in [5.74, 6) is -3.97. The molecule has 12 nitrogen and oxygen atoms in total. The Hall–Kier alpha value is -4.85. The van der Waals surface area contributed by atoms with E-state index in [9.17, 15) is 14.4 Å². The molecule has 3 amide bonds. The van der Waals surface area contributed by atoms with Crippen LogP contribution in [0.5, 0.6) is 0 Å². The van der Waals surface area contributed by atoms with Crippen LogP contribution in [0.2, 0.25) is 5.02 Å². The molecule has 2 saturated heterocycles. The number of likely N-dealkylation sites (N-methyl/N-ethyl adjacent to an activating group) is 1. The Labute approximate surface area is 267 Å². The number of nitrogens with zero attached hydrogens (tertiary/aromatic N) is 6. The number of hydrogen-bond acceptors (Lipinski definition) is 9. The Bertz CT molecular complexity index is 1920. The number of piperidine rings is 2. The summed E-state index contributed by atoms with van der Waals surface area (Å²) in [6.07, 6.45) is 2.38. The van der Waals surface area contributed by atoms with Gasteiger partial charge in [-0.2, -0.15) is 10.1 Å². The predicted octanol–water partition coefficient (Wildman–Crippen LogP) is 4.13. The van der Waals surface area contributed by atoms with Crippen molar-refractivity contribution < 1.29 is 23.2 Å². The number of alkyl halides is 2. The minimum atomic E-state index is -3.13. The fourth-order valence-electron chi connectivity index (χ4n) is 6.36. The molecular weight excluding hydrogens is 620 g/mol. The van der Waals surface area contributed by atoms with E-state index in [2.05, 4.69) is 31.0 Å². The van der Waals surface area contributed by atoms with E-state index < -0.39 is 24.4 Å². The van der Waals surface area contributed by atoms with Gasteiger partial charge in [0.15, 0.2) is 5.82 Å². The Morgan fingerprint density at radius 2 is 1.87 bits per heavy atom. The molecular formula is C31H30ClF2N9O3. The van der Waals surface area contributed by atoms with Crippen LogP contribution in [0, 0.1) is 0 Å². The van der Waals surface area contributed by atoms with Crippen LogP contribution in [0.15, 0.2) is 42.6 Å². The first-order chi connectivity index (χ1) is 22.0. The number of hydrogen-bond donors (Lipinski definition) is 3. The Balaban J connectivity index is 1.05. The van der Waals surface area contributed by atoms with Gasteiger partial charge in [0.05, 0.1) is 42.3 Å². The monoisotopic (exact) mass is 649 g/mol.